The van der Waals surface area contributed by atoms with Crippen molar-refractivity contribution in [2.75, 3.05) is 40.3 Å². The van der Waals surface area contributed by atoms with Crippen molar-refractivity contribution in [3.05, 3.63) is 0 Å². The van der Waals surface area contributed by atoms with Crippen molar-refractivity contribution in [2.24, 2.45) is 5.92 Å². The van der Waals surface area contributed by atoms with Gasteiger partial charge in [0, 0.05) is 32.3 Å². The second-order valence-corrected chi connectivity index (χ2v) is 7.53. The maximum absolute atomic E-state index is 5.46. The first-order chi connectivity index (χ1) is 9.51. The molecule has 118 valence electrons. The highest BCUT2D eigenvalue weighted by molar-refractivity contribution is 4.88. The average Bonchev–Trinajstić information content (AvgIpc) is 2.43. The molecule has 0 N–H and O–H groups in total. The van der Waals surface area contributed by atoms with E-state index in [-0.39, 0.29) is 0 Å². The van der Waals surface area contributed by atoms with Crippen LogP contribution in [0.3, 0.4) is 0 Å². The smallest absolute Gasteiger partial charge is 0.0571 e. The Hall–Kier alpha value is -0.120. The summed E-state index contributed by atoms with van der Waals surface area (Å²) in [5, 5.41) is 0. The lowest BCUT2D eigenvalue weighted by molar-refractivity contribution is 0.0359. The average molecular weight is 282 g/mol. The van der Waals surface area contributed by atoms with Crippen LogP contribution in [0.15, 0.2) is 0 Å². The van der Waals surface area contributed by atoms with Gasteiger partial charge in [0.15, 0.2) is 0 Å². The van der Waals surface area contributed by atoms with E-state index < -0.39 is 0 Å². The molecule has 3 heteroatoms. The number of hydrogen-bond acceptors (Lipinski definition) is 3. The molecule has 2 rings (SSSR count). The van der Waals surface area contributed by atoms with E-state index in [0.717, 1.165) is 5.92 Å². The monoisotopic (exact) mass is 282 g/mol. The number of nitrogens with zero attached hydrogens (tertiary/aromatic N) is 2. The van der Waals surface area contributed by atoms with Crippen molar-refractivity contribution in [3.8, 4) is 0 Å². The number of ether oxygens (including phenoxy) is 1. The third kappa shape index (κ3) is 4.44. The maximum atomic E-state index is 5.46. The van der Waals surface area contributed by atoms with Crippen molar-refractivity contribution in [2.45, 2.75) is 64.0 Å². The Balaban J connectivity index is 1.62. The highest BCUT2D eigenvalue weighted by atomic mass is 16.5. The molecule has 0 atom stereocenters. The molecule has 0 bridgehead atoms. The van der Waals surface area contributed by atoms with Gasteiger partial charge in [0.2, 0.25) is 0 Å². The van der Waals surface area contributed by atoms with Crippen LogP contribution >= 0.6 is 0 Å². The molecule has 0 amide bonds. The summed E-state index contributed by atoms with van der Waals surface area (Å²) in [7, 11) is 4.12. The van der Waals surface area contributed by atoms with Gasteiger partial charge in [-0.25, -0.2) is 0 Å². The van der Waals surface area contributed by atoms with Crippen LogP contribution in [0.25, 0.3) is 0 Å². The molecule has 0 aromatic heterocycles. The maximum Gasteiger partial charge on any atom is 0.0571 e. The predicted octanol–water partition coefficient (Wildman–Crippen LogP) is 3.00. The van der Waals surface area contributed by atoms with Crippen molar-refractivity contribution < 1.29 is 4.74 Å². The summed E-state index contributed by atoms with van der Waals surface area (Å²) in [4.78, 5) is 5.16. The second-order valence-electron chi connectivity index (χ2n) is 7.53. The van der Waals surface area contributed by atoms with E-state index in [1.807, 2.05) is 7.11 Å². The van der Waals surface area contributed by atoms with Gasteiger partial charge in [-0.05, 0) is 71.9 Å². The highest BCUT2D eigenvalue weighted by Crippen LogP contribution is 2.29. The molecule has 0 aromatic rings. The molecular formula is C17H34N2O. The molecule has 1 saturated heterocycles. The van der Waals surface area contributed by atoms with Gasteiger partial charge in [0.25, 0.3) is 0 Å². The molecule has 1 heterocycles. The molecule has 0 radical (unpaired) electrons. The summed E-state index contributed by atoms with van der Waals surface area (Å²) >= 11 is 0. The standard InChI is InChI=1S/C17H34N2O/c1-17(2)14-19(13-12-18(17)3)11-5-6-15-7-9-16(20-4)10-8-15/h15-16H,5-14H2,1-4H3. The lowest BCUT2D eigenvalue weighted by atomic mass is 9.84. The second kappa shape index (κ2) is 7.24. The van der Waals surface area contributed by atoms with E-state index in [1.54, 1.807) is 0 Å². The van der Waals surface area contributed by atoms with Crippen LogP contribution in [-0.2, 0) is 4.74 Å². The number of hydrogen-bond donors (Lipinski definition) is 0. The molecule has 1 saturated carbocycles. The van der Waals surface area contributed by atoms with E-state index in [1.165, 1.54) is 64.7 Å². The van der Waals surface area contributed by atoms with E-state index >= 15 is 0 Å². The molecule has 2 aliphatic rings. The molecule has 1 aliphatic heterocycles. The summed E-state index contributed by atoms with van der Waals surface area (Å²) in [6.07, 6.45) is 8.67. The number of piperazine rings is 1. The van der Waals surface area contributed by atoms with Gasteiger partial charge < -0.3 is 9.64 Å². The van der Waals surface area contributed by atoms with Gasteiger partial charge in [0.05, 0.1) is 6.10 Å². The summed E-state index contributed by atoms with van der Waals surface area (Å²) in [5.41, 5.74) is 0.342. The predicted molar refractivity (Wildman–Crippen MR) is 85.1 cm³/mol. The van der Waals surface area contributed by atoms with E-state index in [0.29, 0.717) is 11.6 Å². The van der Waals surface area contributed by atoms with Crippen LogP contribution in [0.5, 0.6) is 0 Å². The van der Waals surface area contributed by atoms with Crippen LogP contribution in [0, 0.1) is 5.92 Å². The van der Waals surface area contributed by atoms with Crippen LogP contribution in [0.1, 0.15) is 52.4 Å². The zero-order valence-corrected chi connectivity index (χ0v) is 14.0. The van der Waals surface area contributed by atoms with Crippen molar-refractivity contribution >= 4 is 0 Å². The lowest BCUT2D eigenvalue weighted by Gasteiger charge is -2.45. The third-order valence-corrected chi connectivity index (χ3v) is 5.61. The summed E-state index contributed by atoms with van der Waals surface area (Å²) < 4.78 is 5.46. The quantitative estimate of drug-likeness (QED) is 0.771. The fourth-order valence-corrected chi connectivity index (χ4v) is 3.79. The Kier molecular flexibility index (Phi) is 5.88. The Morgan fingerprint density at radius 2 is 1.80 bits per heavy atom. The van der Waals surface area contributed by atoms with Crippen LogP contribution in [0.4, 0.5) is 0 Å². The molecule has 20 heavy (non-hydrogen) atoms. The summed E-state index contributed by atoms with van der Waals surface area (Å²) in [6, 6.07) is 0. The fraction of sp³-hybridized carbons (Fsp3) is 1.00. The SMILES string of the molecule is COC1CCC(CCCN2CCN(C)C(C)(C)C2)CC1. The highest BCUT2D eigenvalue weighted by Gasteiger charge is 2.30. The summed E-state index contributed by atoms with van der Waals surface area (Å²) in [5.74, 6) is 0.960. The van der Waals surface area contributed by atoms with Crippen molar-refractivity contribution in [1.82, 2.24) is 9.80 Å². The fourth-order valence-electron chi connectivity index (χ4n) is 3.79. The van der Waals surface area contributed by atoms with E-state index in [2.05, 4.69) is 30.7 Å². The minimum atomic E-state index is 0.342. The molecule has 0 unspecified atom stereocenters. The van der Waals surface area contributed by atoms with Crippen molar-refractivity contribution in [3.63, 3.8) is 0 Å². The first kappa shape index (κ1) is 16.3. The zero-order valence-electron chi connectivity index (χ0n) is 14.0. The van der Waals surface area contributed by atoms with Crippen LogP contribution in [-0.4, -0.2) is 61.8 Å². The molecule has 3 nitrogen and oxygen atoms in total. The minimum absolute atomic E-state index is 0.342. The number of likely N-dealkylation sites (N-methyl/N-ethyl adjacent to an activating group) is 1. The van der Waals surface area contributed by atoms with E-state index in [4.69, 9.17) is 4.74 Å². The number of methoxy groups -OCH3 is 1. The van der Waals surface area contributed by atoms with Crippen LogP contribution < -0.4 is 0 Å². The molecule has 0 aromatic carbocycles. The first-order valence-electron chi connectivity index (χ1n) is 8.47. The lowest BCUT2D eigenvalue weighted by Crippen LogP contribution is -2.57. The Bertz CT molecular complexity index is 285. The van der Waals surface area contributed by atoms with E-state index in [9.17, 15) is 0 Å². The molecular weight excluding hydrogens is 248 g/mol. The van der Waals surface area contributed by atoms with Crippen LogP contribution in [0.2, 0.25) is 0 Å². The summed E-state index contributed by atoms with van der Waals surface area (Å²) in [6.45, 7) is 9.71. The molecule has 2 fully saturated rings. The third-order valence-electron chi connectivity index (χ3n) is 5.61. The van der Waals surface area contributed by atoms with Gasteiger partial charge in [-0.1, -0.05) is 0 Å². The first-order valence-corrected chi connectivity index (χ1v) is 8.47. The minimum Gasteiger partial charge on any atom is -0.381 e. The number of rotatable bonds is 5. The van der Waals surface area contributed by atoms with Gasteiger partial charge in [0.1, 0.15) is 0 Å². The Morgan fingerprint density at radius 3 is 2.40 bits per heavy atom. The zero-order chi connectivity index (χ0) is 14.6. The largest absolute Gasteiger partial charge is 0.381 e. The molecule has 1 aliphatic carbocycles. The Labute approximate surface area is 125 Å². The Morgan fingerprint density at radius 1 is 1.10 bits per heavy atom. The van der Waals surface area contributed by atoms with Gasteiger partial charge >= 0.3 is 0 Å². The van der Waals surface area contributed by atoms with Gasteiger partial charge in [-0.15, -0.1) is 0 Å². The van der Waals surface area contributed by atoms with Gasteiger partial charge in [-0.3, -0.25) is 4.90 Å². The normalized spacial score (nSPS) is 32.4. The molecule has 0 spiro atoms. The van der Waals surface area contributed by atoms with Crippen molar-refractivity contribution in [1.29, 1.82) is 0 Å². The van der Waals surface area contributed by atoms with Gasteiger partial charge in [-0.2, -0.15) is 0 Å². The topological polar surface area (TPSA) is 15.7 Å².